The van der Waals surface area contributed by atoms with Crippen molar-refractivity contribution in [3.8, 4) is 22.5 Å². The molecule has 0 bridgehead atoms. The van der Waals surface area contributed by atoms with E-state index in [-0.39, 0.29) is 23.2 Å². The van der Waals surface area contributed by atoms with Gasteiger partial charge in [0.1, 0.15) is 5.82 Å². The van der Waals surface area contributed by atoms with Gasteiger partial charge in [0.25, 0.3) is 5.56 Å². The zero-order chi connectivity index (χ0) is 31.6. The summed E-state index contributed by atoms with van der Waals surface area (Å²) in [7, 11) is 0. The molecule has 3 aromatic carbocycles. The van der Waals surface area contributed by atoms with Gasteiger partial charge in [-0.15, -0.1) is 5.10 Å². The molecule has 1 atom stereocenters. The molecule has 0 saturated heterocycles. The van der Waals surface area contributed by atoms with Gasteiger partial charge in [0.05, 0.1) is 6.04 Å². The Hall–Kier alpha value is -5.12. The molecule has 234 valence electrons. The van der Waals surface area contributed by atoms with E-state index in [0.29, 0.717) is 36.5 Å². The highest BCUT2D eigenvalue weighted by Gasteiger charge is 2.28. The Bertz CT molecular complexity index is 2070. The molecular weight excluding hydrogens is 576 g/mol. The fourth-order valence-corrected chi connectivity index (χ4v) is 6.94. The zero-order valence-electron chi connectivity index (χ0n) is 26.3. The predicted molar refractivity (Wildman–Crippen MR) is 179 cm³/mol. The quantitative estimate of drug-likeness (QED) is 0.204. The number of hydrogen-bond donors (Lipinski definition) is 1. The Kier molecular flexibility index (Phi) is 8.17. The maximum Gasteiger partial charge on any atom is 0.333 e. The molecule has 46 heavy (non-hydrogen) atoms. The molecule has 1 fully saturated rings. The highest BCUT2D eigenvalue weighted by Crippen LogP contribution is 2.35. The van der Waals surface area contributed by atoms with Crippen molar-refractivity contribution in [3.05, 3.63) is 117 Å². The molecule has 1 aliphatic rings. The molecule has 0 amide bonds. The molecule has 0 aliphatic heterocycles. The molecule has 1 unspecified atom stereocenters. The van der Waals surface area contributed by atoms with Crippen LogP contribution in [0.25, 0.3) is 33.7 Å². The minimum absolute atomic E-state index is 0.234. The average Bonchev–Trinajstić information content (AvgIpc) is 3.77. The second-order valence-electron chi connectivity index (χ2n) is 12.3. The number of aromatic nitrogens is 8. The molecule has 10 nitrogen and oxygen atoms in total. The minimum atomic E-state index is -0.305. The van der Waals surface area contributed by atoms with E-state index in [2.05, 4.69) is 55.5 Å². The molecule has 1 N–H and O–H groups in total. The number of benzene rings is 3. The number of rotatable bonds is 9. The first kappa shape index (κ1) is 29.6. The molecule has 6 aromatic rings. The number of nitrogens with zero attached hydrogens (tertiary/aromatic N) is 7. The van der Waals surface area contributed by atoms with Crippen molar-refractivity contribution in [1.82, 2.24) is 39.3 Å². The fraction of sp³-hybridized carbons (Fsp3) is 0.333. The molecule has 10 heteroatoms. The van der Waals surface area contributed by atoms with Crippen LogP contribution in [0.2, 0.25) is 0 Å². The van der Waals surface area contributed by atoms with Gasteiger partial charge in [-0.3, -0.25) is 13.9 Å². The number of tetrazole rings is 1. The van der Waals surface area contributed by atoms with Crippen molar-refractivity contribution in [1.29, 1.82) is 0 Å². The summed E-state index contributed by atoms with van der Waals surface area (Å²) in [6.07, 6.45) is 6.21. The smallest absolute Gasteiger partial charge is 0.317 e. The van der Waals surface area contributed by atoms with Crippen LogP contribution in [0.3, 0.4) is 0 Å². The number of H-pyrrole nitrogens is 1. The molecule has 1 aliphatic carbocycles. The summed E-state index contributed by atoms with van der Waals surface area (Å²) in [6, 6.07) is 26.1. The lowest BCUT2D eigenvalue weighted by atomic mass is 9.88. The van der Waals surface area contributed by atoms with Crippen LogP contribution in [-0.4, -0.2) is 39.3 Å². The van der Waals surface area contributed by atoms with Gasteiger partial charge in [-0.2, -0.15) is 0 Å². The summed E-state index contributed by atoms with van der Waals surface area (Å²) in [5.74, 6) is 1.75. The van der Waals surface area contributed by atoms with Gasteiger partial charge in [0, 0.05) is 24.6 Å². The topological polar surface area (TPSA) is 116 Å². The Morgan fingerprint density at radius 1 is 0.870 bits per heavy atom. The lowest BCUT2D eigenvalue weighted by molar-refractivity contribution is 0.419. The highest BCUT2D eigenvalue weighted by atomic mass is 16.2. The van der Waals surface area contributed by atoms with Gasteiger partial charge in [0.2, 0.25) is 0 Å². The summed E-state index contributed by atoms with van der Waals surface area (Å²) < 4.78 is 5.25. The number of hydrogen-bond acceptors (Lipinski definition) is 6. The standard InChI is InChI=1S/C36H38N8O2/c1-3-22-42-35(45)31-34(44(36(42)46)24(2)26-12-6-4-7-13-26)37-33(28-14-8-5-9-15-28)43(31)23-25-18-20-27(21-19-25)29-16-10-11-17-30(29)32-38-40-41-39-32/h4,6-7,10-13,16-21,24,28H,3,5,8-9,14-15,22-23H2,1-2H3,(H,38,39,40,41). The Morgan fingerprint density at radius 2 is 1.59 bits per heavy atom. The Morgan fingerprint density at radius 3 is 2.28 bits per heavy atom. The minimum Gasteiger partial charge on any atom is -0.317 e. The highest BCUT2D eigenvalue weighted by molar-refractivity contribution is 5.80. The molecule has 3 heterocycles. The second-order valence-corrected chi connectivity index (χ2v) is 12.3. The molecule has 1 saturated carbocycles. The van der Waals surface area contributed by atoms with Crippen LogP contribution in [0.15, 0.2) is 88.5 Å². The normalized spacial score (nSPS) is 14.6. The van der Waals surface area contributed by atoms with Crippen molar-refractivity contribution < 1.29 is 0 Å². The van der Waals surface area contributed by atoms with E-state index in [1.165, 1.54) is 11.0 Å². The van der Waals surface area contributed by atoms with Crippen molar-refractivity contribution in [2.75, 3.05) is 0 Å². The number of fused-ring (bicyclic) bond motifs is 1. The zero-order valence-corrected chi connectivity index (χ0v) is 26.3. The van der Waals surface area contributed by atoms with Crippen LogP contribution < -0.4 is 11.2 Å². The number of aromatic amines is 1. The molecule has 0 radical (unpaired) electrons. The van der Waals surface area contributed by atoms with E-state index in [1.54, 1.807) is 4.57 Å². The lowest BCUT2D eigenvalue weighted by Crippen LogP contribution is -2.41. The van der Waals surface area contributed by atoms with Gasteiger partial charge >= 0.3 is 5.69 Å². The first-order chi connectivity index (χ1) is 22.5. The molecule has 3 aromatic heterocycles. The van der Waals surface area contributed by atoms with E-state index in [4.69, 9.17) is 4.98 Å². The molecule has 7 rings (SSSR count). The monoisotopic (exact) mass is 614 g/mol. The van der Waals surface area contributed by atoms with Crippen LogP contribution in [0.5, 0.6) is 0 Å². The van der Waals surface area contributed by atoms with Crippen molar-refractivity contribution in [2.24, 2.45) is 0 Å². The van der Waals surface area contributed by atoms with E-state index >= 15 is 0 Å². The van der Waals surface area contributed by atoms with Gasteiger partial charge < -0.3 is 4.57 Å². The summed E-state index contributed by atoms with van der Waals surface area (Å²) in [6.45, 7) is 4.84. The lowest BCUT2D eigenvalue weighted by Gasteiger charge is -2.22. The molecule has 0 spiro atoms. The molecular formula is C36H38N8O2. The Labute approximate surface area is 266 Å². The second kappa shape index (κ2) is 12.7. The van der Waals surface area contributed by atoms with Gasteiger partial charge in [-0.05, 0) is 58.9 Å². The first-order valence-electron chi connectivity index (χ1n) is 16.3. The van der Waals surface area contributed by atoms with Gasteiger partial charge in [-0.1, -0.05) is 105 Å². The van der Waals surface area contributed by atoms with Crippen molar-refractivity contribution in [3.63, 3.8) is 0 Å². The number of imidazole rings is 1. The third kappa shape index (κ3) is 5.37. The predicted octanol–water partition coefficient (Wildman–Crippen LogP) is 6.32. The summed E-state index contributed by atoms with van der Waals surface area (Å²) in [5, 5.41) is 14.5. The largest absolute Gasteiger partial charge is 0.333 e. The maximum absolute atomic E-state index is 14.2. The van der Waals surface area contributed by atoms with Gasteiger partial charge in [0.15, 0.2) is 17.0 Å². The van der Waals surface area contributed by atoms with Crippen LogP contribution >= 0.6 is 0 Å². The maximum atomic E-state index is 14.2. The van der Waals surface area contributed by atoms with E-state index in [1.807, 2.05) is 62.4 Å². The summed E-state index contributed by atoms with van der Waals surface area (Å²) in [5.41, 5.74) is 5.43. The summed E-state index contributed by atoms with van der Waals surface area (Å²) >= 11 is 0. The van der Waals surface area contributed by atoms with E-state index in [0.717, 1.165) is 59.3 Å². The van der Waals surface area contributed by atoms with Crippen LogP contribution in [-0.2, 0) is 13.1 Å². The van der Waals surface area contributed by atoms with Crippen molar-refractivity contribution >= 4 is 11.2 Å². The van der Waals surface area contributed by atoms with Crippen LogP contribution in [0.1, 0.15) is 81.3 Å². The van der Waals surface area contributed by atoms with Crippen LogP contribution in [0, 0.1) is 0 Å². The van der Waals surface area contributed by atoms with E-state index < -0.39 is 0 Å². The van der Waals surface area contributed by atoms with E-state index in [9.17, 15) is 9.59 Å². The van der Waals surface area contributed by atoms with Crippen molar-refractivity contribution in [2.45, 2.75) is 77.4 Å². The van der Waals surface area contributed by atoms with Gasteiger partial charge in [-0.25, -0.2) is 14.9 Å². The SMILES string of the molecule is CCCn1c(=O)c2c(nc(C3CCCCC3)n2Cc2ccc(-c3ccccc3-c3nnn[nH]3)cc2)n(C(C)c2ccccc2)c1=O. The summed E-state index contributed by atoms with van der Waals surface area (Å²) in [4.78, 5) is 33.4. The third-order valence-electron chi connectivity index (χ3n) is 9.31. The number of nitrogens with one attached hydrogen (secondary N) is 1. The Balaban J connectivity index is 1.37. The third-order valence-corrected chi connectivity index (χ3v) is 9.31. The first-order valence-corrected chi connectivity index (χ1v) is 16.3. The average molecular weight is 615 g/mol. The fourth-order valence-electron chi connectivity index (χ4n) is 6.94. The van der Waals surface area contributed by atoms with Crippen LogP contribution in [0.4, 0.5) is 0 Å².